The van der Waals surface area contributed by atoms with Gasteiger partial charge in [0.05, 0.1) is 6.07 Å². The van der Waals surface area contributed by atoms with Crippen LogP contribution in [-0.2, 0) is 9.59 Å². The van der Waals surface area contributed by atoms with E-state index in [1.165, 1.54) is 13.8 Å². The zero-order valence-corrected chi connectivity index (χ0v) is 11.6. The Morgan fingerprint density at radius 2 is 1.93 bits per heavy atom. The fourth-order valence-electron chi connectivity index (χ4n) is 0.835. The van der Waals surface area contributed by atoms with Crippen LogP contribution in [0.4, 0.5) is 0 Å². The molecule has 0 fully saturated rings. The average Bonchev–Trinajstić information content (AvgIpc) is 2.01. The average molecular weight is 224 g/mol. The largest absolute Gasteiger partial charge is 1.00 e. The molecule has 2 atom stereocenters. The van der Waals surface area contributed by atoms with Gasteiger partial charge in [-0.05, 0) is 12.8 Å². The van der Waals surface area contributed by atoms with Gasteiger partial charge in [-0.2, -0.15) is 5.26 Å². The first-order valence-corrected chi connectivity index (χ1v) is 3.71. The molecule has 0 aromatic carbocycles. The standard InChI is InChI=1S/C8H11NO4.K/c1-5(3-6(10)11)8(2,4-9)7(12)13;/h5H,3H2,1-2H3,(H,10,11)(H,12,13);/q;+1. The van der Waals surface area contributed by atoms with Crippen LogP contribution >= 0.6 is 0 Å². The van der Waals surface area contributed by atoms with Crippen molar-refractivity contribution in [3.05, 3.63) is 0 Å². The smallest absolute Gasteiger partial charge is 0.481 e. The molecule has 72 valence electrons. The zero-order chi connectivity index (χ0) is 10.6. The van der Waals surface area contributed by atoms with Gasteiger partial charge < -0.3 is 10.2 Å². The fourth-order valence-corrected chi connectivity index (χ4v) is 0.835. The molecule has 6 heteroatoms. The second-order valence-corrected chi connectivity index (χ2v) is 3.12. The fraction of sp³-hybridized carbons (Fsp3) is 0.625. The van der Waals surface area contributed by atoms with Crippen molar-refractivity contribution in [2.45, 2.75) is 20.3 Å². The normalized spacial score (nSPS) is 15.5. The summed E-state index contributed by atoms with van der Waals surface area (Å²) in [7, 11) is 0. The molecular formula is C8H11KNO4+. The van der Waals surface area contributed by atoms with E-state index in [0.29, 0.717) is 0 Å². The van der Waals surface area contributed by atoms with Crippen LogP contribution in [0.2, 0.25) is 0 Å². The molecule has 0 radical (unpaired) electrons. The minimum absolute atomic E-state index is 0. The molecule has 0 aliphatic rings. The number of hydrogen-bond acceptors (Lipinski definition) is 3. The van der Waals surface area contributed by atoms with Crippen LogP contribution in [0, 0.1) is 22.7 Å². The van der Waals surface area contributed by atoms with Crippen molar-refractivity contribution in [3.63, 3.8) is 0 Å². The maximum atomic E-state index is 10.7. The first-order chi connectivity index (χ1) is 5.84. The summed E-state index contributed by atoms with van der Waals surface area (Å²) < 4.78 is 0. The molecule has 0 aromatic heterocycles. The molecule has 5 nitrogen and oxygen atoms in total. The SMILES string of the molecule is CC(CC(=O)O)C(C)(C#N)C(=O)O.[K+]. The van der Waals surface area contributed by atoms with Crippen molar-refractivity contribution in [2.75, 3.05) is 0 Å². The summed E-state index contributed by atoms with van der Waals surface area (Å²) in [6.07, 6.45) is -0.323. The number of aliphatic carboxylic acids is 2. The Hall–Kier alpha value is 0.0664. The van der Waals surface area contributed by atoms with Crippen LogP contribution in [0.5, 0.6) is 0 Å². The van der Waals surface area contributed by atoms with Crippen molar-refractivity contribution in [2.24, 2.45) is 11.3 Å². The molecule has 0 bridgehead atoms. The maximum absolute atomic E-state index is 10.7. The Morgan fingerprint density at radius 3 is 2.14 bits per heavy atom. The number of hydrogen-bond donors (Lipinski definition) is 2. The minimum Gasteiger partial charge on any atom is -0.481 e. The number of nitriles is 1. The van der Waals surface area contributed by atoms with Crippen LogP contribution in [-0.4, -0.2) is 22.2 Å². The summed E-state index contributed by atoms with van der Waals surface area (Å²) in [5.41, 5.74) is -1.63. The molecule has 0 heterocycles. The minimum atomic E-state index is -1.63. The quantitative estimate of drug-likeness (QED) is 0.524. The monoisotopic (exact) mass is 224 g/mol. The van der Waals surface area contributed by atoms with Crippen LogP contribution in [0.3, 0.4) is 0 Å². The second-order valence-electron chi connectivity index (χ2n) is 3.12. The third kappa shape index (κ3) is 4.06. The Balaban J connectivity index is 0. The van der Waals surface area contributed by atoms with Gasteiger partial charge >= 0.3 is 63.3 Å². The van der Waals surface area contributed by atoms with Crippen molar-refractivity contribution >= 4 is 11.9 Å². The third-order valence-corrected chi connectivity index (χ3v) is 2.14. The van der Waals surface area contributed by atoms with Gasteiger partial charge in [0.15, 0.2) is 5.41 Å². The first kappa shape index (κ1) is 16.5. The molecule has 0 amide bonds. The molecular weight excluding hydrogens is 213 g/mol. The predicted molar refractivity (Wildman–Crippen MR) is 42.8 cm³/mol. The summed E-state index contributed by atoms with van der Waals surface area (Å²) in [5.74, 6) is -3.11. The number of carboxylic acids is 2. The maximum Gasteiger partial charge on any atom is 1.00 e. The molecule has 0 saturated carbocycles. The van der Waals surface area contributed by atoms with Gasteiger partial charge in [0.25, 0.3) is 0 Å². The van der Waals surface area contributed by atoms with E-state index in [1.807, 2.05) is 0 Å². The number of nitrogens with zero attached hydrogens (tertiary/aromatic N) is 1. The summed E-state index contributed by atoms with van der Waals surface area (Å²) in [6, 6.07) is 1.62. The van der Waals surface area contributed by atoms with Crippen LogP contribution in [0.25, 0.3) is 0 Å². The van der Waals surface area contributed by atoms with Crippen molar-refractivity contribution in [3.8, 4) is 6.07 Å². The van der Waals surface area contributed by atoms with Gasteiger partial charge in [0, 0.05) is 6.42 Å². The summed E-state index contributed by atoms with van der Waals surface area (Å²) >= 11 is 0. The molecule has 0 aromatic rings. The number of rotatable bonds is 4. The third-order valence-electron chi connectivity index (χ3n) is 2.14. The number of carboxylic acid groups (broad SMARTS) is 2. The van der Waals surface area contributed by atoms with Crippen molar-refractivity contribution in [1.82, 2.24) is 0 Å². The van der Waals surface area contributed by atoms with E-state index in [2.05, 4.69) is 0 Å². The van der Waals surface area contributed by atoms with E-state index >= 15 is 0 Å². The molecule has 2 unspecified atom stereocenters. The zero-order valence-electron chi connectivity index (χ0n) is 8.44. The predicted octanol–water partition coefficient (Wildman–Crippen LogP) is -2.28. The molecule has 2 N–H and O–H groups in total. The Bertz CT molecular complexity index is 273. The van der Waals surface area contributed by atoms with E-state index in [9.17, 15) is 9.59 Å². The van der Waals surface area contributed by atoms with Gasteiger partial charge in [-0.3, -0.25) is 9.59 Å². The van der Waals surface area contributed by atoms with E-state index in [0.717, 1.165) is 0 Å². The van der Waals surface area contributed by atoms with Crippen molar-refractivity contribution < 1.29 is 71.2 Å². The summed E-state index contributed by atoms with van der Waals surface area (Å²) in [5, 5.41) is 25.7. The molecule has 14 heavy (non-hydrogen) atoms. The van der Waals surface area contributed by atoms with Gasteiger partial charge in [-0.1, -0.05) is 6.92 Å². The van der Waals surface area contributed by atoms with Crippen molar-refractivity contribution in [1.29, 1.82) is 5.26 Å². The topological polar surface area (TPSA) is 98.4 Å². The molecule has 0 spiro atoms. The van der Waals surface area contributed by atoms with E-state index in [4.69, 9.17) is 15.5 Å². The van der Waals surface area contributed by atoms with Crippen LogP contribution < -0.4 is 51.4 Å². The Labute approximate surface area is 125 Å². The molecule has 0 rings (SSSR count). The van der Waals surface area contributed by atoms with Gasteiger partial charge in [-0.25, -0.2) is 0 Å². The Morgan fingerprint density at radius 1 is 1.50 bits per heavy atom. The summed E-state index contributed by atoms with van der Waals surface area (Å²) in [6.45, 7) is 2.66. The second kappa shape index (κ2) is 6.53. The van der Waals surface area contributed by atoms with Crippen LogP contribution in [0.1, 0.15) is 20.3 Å². The van der Waals surface area contributed by atoms with Crippen LogP contribution in [0.15, 0.2) is 0 Å². The van der Waals surface area contributed by atoms with Gasteiger partial charge in [0.1, 0.15) is 0 Å². The molecule has 0 aliphatic carbocycles. The van der Waals surface area contributed by atoms with E-state index in [1.54, 1.807) is 6.07 Å². The van der Waals surface area contributed by atoms with Gasteiger partial charge in [-0.15, -0.1) is 0 Å². The van der Waals surface area contributed by atoms with E-state index in [-0.39, 0.29) is 57.8 Å². The first-order valence-electron chi connectivity index (χ1n) is 3.71. The summed E-state index contributed by atoms with van der Waals surface area (Å²) in [4.78, 5) is 21.0. The van der Waals surface area contributed by atoms with Gasteiger partial charge in [0.2, 0.25) is 0 Å². The molecule has 0 aliphatic heterocycles. The van der Waals surface area contributed by atoms with E-state index < -0.39 is 23.3 Å². The molecule has 0 saturated heterocycles. The number of carbonyl (C=O) groups is 2. The Kier molecular flexibility index (Phi) is 7.70.